The second-order valence-electron chi connectivity index (χ2n) is 4.81. The van der Waals surface area contributed by atoms with E-state index in [1.165, 1.54) is 12.8 Å². The highest BCUT2D eigenvalue weighted by atomic mass is 27.2. The lowest BCUT2D eigenvalue weighted by Crippen LogP contribution is -2.28. The molecule has 100 valence electrons. The Bertz CT molecular complexity index is 284. The van der Waals surface area contributed by atoms with Crippen LogP contribution in [0.1, 0.15) is 58.3 Å². The highest BCUT2D eigenvalue weighted by Gasteiger charge is 2.35. The van der Waals surface area contributed by atoms with Crippen molar-refractivity contribution in [1.82, 2.24) is 0 Å². The van der Waals surface area contributed by atoms with Crippen molar-refractivity contribution in [2.75, 3.05) is 6.61 Å². The molecule has 0 unspecified atom stereocenters. The van der Waals surface area contributed by atoms with E-state index >= 15 is 0 Å². The molecule has 18 heavy (non-hydrogen) atoms. The molecule has 0 radical (unpaired) electrons. The fraction of sp³-hybridized carbons (Fsp3) is 0.846. The Labute approximate surface area is 114 Å². The van der Waals surface area contributed by atoms with Crippen LogP contribution >= 0.6 is 0 Å². The van der Waals surface area contributed by atoms with Gasteiger partial charge in [0.1, 0.15) is 0 Å². The Morgan fingerprint density at radius 1 is 1.33 bits per heavy atom. The van der Waals surface area contributed by atoms with Crippen LogP contribution in [0.5, 0.6) is 0 Å². The summed E-state index contributed by atoms with van der Waals surface area (Å²) in [6, 6.07) is 0. The molecule has 0 aromatic heterocycles. The van der Waals surface area contributed by atoms with Gasteiger partial charge < -0.3 is 7.58 Å². The maximum Gasteiger partial charge on any atom is 0.909 e. The van der Waals surface area contributed by atoms with Crippen LogP contribution in [-0.4, -0.2) is 27.4 Å². The number of rotatable bonds is 8. The minimum absolute atomic E-state index is 0.0111. The maximum absolute atomic E-state index is 11.7. The molecule has 0 aliphatic heterocycles. The van der Waals surface area contributed by atoms with Crippen LogP contribution in [0.3, 0.4) is 0 Å². The Hall–Kier alpha value is -0.548. The zero-order chi connectivity index (χ0) is 13.2. The lowest BCUT2D eigenvalue weighted by molar-refractivity contribution is -0.140. The van der Waals surface area contributed by atoms with Crippen molar-refractivity contribution in [3.8, 4) is 4.93 Å². The molecule has 0 atom stereocenters. The number of hydrogen-bond acceptors (Lipinski definition) is 4. The van der Waals surface area contributed by atoms with Gasteiger partial charge in [0.2, 0.25) is 0 Å². The van der Waals surface area contributed by atoms with Gasteiger partial charge in [-0.3, -0.25) is 4.79 Å². The SMILES string of the molecule is CCCCCC[O][Al]([C]#N)[O]C(=O)C1CCCC1. The molecule has 1 aliphatic carbocycles. The van der Waals surface area contributed by atoms with Crippen LogP contribution in [0.25, 0.3) is 0 Å². The molecule has 5 heteroatoms. The molecule has 0 N–H and O–H groups in total. The number of carbonyl (C=O) groups is 1. The van der Waals surface area contributed by atoms with Crippen molar-refractivity contribution in [2.24, 2.45) is 5.92 Å². The van der Waals surface area contributed by atoms with Gasteiger partial charge in [0.25, 0.3) is 5.97 Å². The van der Waals surface area contributed by atoms with Gasteiger partial charge in [-0.2, -0.15) is 0 Å². The highest BCUT2D eigenvalue weighted by Crippen LogP contribution is 2.25. The van der Waals surface area contributed by atoms with Crippen molar-refractivity contribution in [3.63, 3.8) is 0 Å². The van der Waals surface area contributed by atoms with Crippen LogP contribution in [0.4, 0.5) is 0 Å². The Morgan fingerprint density at radius 3 is 2.67 bits per heavy atom. The number of carbonyl (C=O) groups excluding carboxylic acids is 1. The zero-order valence-corrected chi connectivity index (χ0v) is 12.3. The predicted molar refractivity (Wildman–Crippen MR) is 69.5 cm³/mol. The van der Waals surface area contributed by atoms with Gasteiger partial charge in [0, 0.05) is 11.5 Å². The van der Waals surface area contributed by atoms with Gasteiger partial charge in [-0.15, -0.1) is 0 Å². The fourth-order valence-electron chi connectivity index (χ4n) is 2.18. The second kappa shape index (κ2) is 9.39. The van der Waals surface area contributed by atoms with E-state index < -0.39 is 14.8 Å². The molecular weight excluding hydrogens is 245 g/mol. The maximum atomic E-state index is 11.7. The molecule has 0 amide bonds. The summed E-state index contributed by atoms with van der Waals surface area (Å²) in [4.78, 5) is 13.8. The molecule has 1 aliphatic rings. The summed E-state index contributed by atoms with van der Waals surface area (Å²) in [7, 11) is 0. The summed E-state index contributed by atoms with van der Waals surface area (Å²) in [6.07, 6.45) is 8.41. The van der Waals surface area contributed by atoms with E-state index in [1.807, 2.05) is 4.93 Å². The van der Waals surface area contributed by atoms with Crippen LogP contribution in [0.2, 0.25) is 0 Å². The third-order valence-corrected chi connectivity index (χ3v) is 4.48. The molecular formula is C13H22AlNO3. The largest absolute Gasteiger partial charge is 0.909 e. The smallest absolute Gasteiger partial charge is 0.584 e. The summed E-state index contributed by atoms with van der Waals surface area (Å²) < 4.78 is 10.6. The molecule has 1 rings (SSSR count). The first-order valence-corrected chi connectivity index (χ1v) is 8.51. The van der Waals surface area contributed by atoms with Crippen molar-refractivity contribution >= 4 is 20.8 Å². The van der Waals surface area contributed by atoms with Gasteiger partial charge in [-0.05, 0) is 19.3 Å². The predicted octanol–water partition coefficient (Wildman–Crippen LogP) is 2.87. The zero-order valence-electron chi connectivity index (χ0n) is 11.2. The summed E-state index contributed by atoms with van der Waals surface area (Å²) >= 11 is -2.42. The van der Waals surface area contributed by atoms with Crippen molar-refractivity contribution in [3.05, 3.63) is 0 Å². The minimum atomic E-state index is -2.42. The molecule has 1 saturated carbocycles. The molecule has 0 spiro atoms. The fourth-order valence-corrected chi connectivity index (χ4v) is 3.16. The van der Waals surface area contributed by atoms with Crippen LogP contribution in [0.15, 0.2) is 0 Å². The van der Waals surface area contributed by atoms with Crippen LogP contribution in [-0.2, 0) is 12.4 Å². The lowest BCUT2D eigenvalue weighted by atomic mass is 10.1. The van der Waals surface area contributed by atoms with Gasteiger partial charge in [0.05, 0.1) is 5.92 Å². The third-order valence-electron chi connectivity index (χ3n) is 3.28. The summed E-state index contributed by atoms with van der Waals surface area (Å²) in [5, 5.41) is 8.93. The number of hydrogen-bond donors (Lipinski definition) is 0. The second-order valence-corrected chi connectivity index (χ2v) is 6.30. The van der Waals surface area contributed by atoms with E-state index in [0.29, 0.717) is 6.61 Å². The normalized spacial score (nSPS) is 15.3. The van der Waals surface area contributed by atoms with Crippen molar-refractivity contribution < 1.29 is 12.4 Å². The molecule has 0 aromatic rings. The van der Waals surface area contributed by atoms with Crippen molar-refractivity contribution in [1.29, 1.82) is 5.26 Å². The van der Waals surface area contributed by atoms with Gasteiger partial charge in [-0.25, -0.2) is 5.26 Å². The van der Waals surface area contributed by atoms with E-state index in [4.69, 9.17) is 12.8 Å². The molecule has 4 nitrogen and oxygen atoms in total. The Balaban J connectivity index is 2.16. The minimum Gasteiger partial charge on any atom is -0.584 e. The number of nitriles is 1. The summed E-state index contributed by atoms with van der Waals surface area (Å²) in [5.41, 5.74) is 0. The van der Waals surface area contributed by atoms with Crippen LogP contribution in [0, 0.1) is 16.1 Å². The summed E-state index contributed by atoms with van der Waals surface area (Å²) in [6.45, 7) is 2.69. The van der Waals surface area contributed by atoms with Gasteiger partial charge >= 0.3 is 14.8 Å². The highest BCUT2D eigenvalue weighted by molar-refractivity contribution is 6.55. The van der Waals surface area contributed by atoms with Crippen molar-refractivity contribution in [2.45, 2.75) is 58.3 Å². The monoisotopic (exact) mass is 267 g/mol. The molecule has 0 aromatic carbocycles. The first-order valence-electron chi connectivity index (χ1n) is 6.99. The van der Waals surface area contributed by atoms with E-state index in [9.17, 15) is 4.79 Å². The van der Waals surface area contributed by atoms with Gasteiger partial charge in [-0.1, -0.05) is 39.0 Å². The Morgan fingerprint density at radius 2 is 2.06 bits per heavy atom. The summed E-state index contributed by atoms with van der Waals surface area (Å²) in [5.74, 6) is -0.198. The lowest BCUT2D eigenvalue weighted by Gasteiger charge is -2.12. The number of unbranched alkanes of at least 4 members (excludes halogenated alkanes) is 3. The topological polar surface area (TPSA) is 59.3 Å². The standard InChI is InChI=1S/C6H10O2.C6H13O.CN.Al/c7-6(8)5-3-1-2-4-5;1-2-3-4-5-6-7;1-2;/h5H,1-4H2,(H,7,8);2-6H2,1H3;;/q;-1;;+2/p-1. The molecule has 0 saturated heterocycles. The van der Waals surface area contributed by atoms with E-state index in [2.05, 4.69) is 6.92 Å². The first-order chi connectivity index (χ1) is 8.77. The third kappa shape index (κ3) is 5.87. The number of nitrogens with zero attached hydrogens (tertiary/aromatic N) is 1. The van der Waals surface area contributed by atoms with Gasteiger partial charge in [0.15, 0.2) is 0 Å². The average Bonchev–Trinajstić information content (AvgIpc) is 2.91. The van der Waals surface area contributed by atoms with Crippen LogP contribution < -0.4 is 0 Å². The molecule has 0 bridgehead atoms. The average molecular weight is 267 g/mol. The Kier molecular flexibility index (Phi) is 8.09. The molecule has 0 heterocycles. The quantitative estimate of drug-likeness (QED) is 0.501. The molecule has 1 fully saturated rings. The van der Waals surface area contributed by atoms with E-state index in [-0.39, 0.29) is 11.9 Å². The van der Waals surface area contributed by atoms with E-state index in [1.54, 1.807) is 0 Å². The first kappa shape index (κ1) is 15.5. The van der Waals surface area contributed by atoms with E-state index in [0.717, 1.165) is 38.5 Å².